The van der Waals surface area contributed by atoms with E-state index in [4.69, 9.17) is 5.73 Å². The van der Waals surface area contributed by atoms with E-state index in [0.717, 1.165) is 12.8 Å². The number of rotatable bonds is 2. The van der Waals surface area contributed by atoms with Crippen LogP contribution in [0.15, 0.2) is 0 Å². The highest BCUT2D eigenvalue weighted by molar-refractivity contribution is 5.64. The summed E-state index contributed by atoms with van der Waals surface area (Å²) in [6, 6.07) is 2.60. The van der Waals surface area contributed by atoms with E-state index in [1.807, 2.05) is 20.8 Å². The third-order valence-electron chi connectivity index (χ3n) is 3.61. The lowest BCUT2D eigenvalue weighted by Gasteiger charge is -2.23. The molecule has 1 heterocycles. The maximum absolute atomic E-state index is 9.28. The van der Waals surface area contributed by atoms with E-state index in [0.29, 0.717) is 23.2 Å². The Morgan fingerprint density at radius 3 is 2.47 bits per heavy atom. The van der Waals surface area contributed by atoms with E-state index < -0.39 is 0 Å². The van der Waals surface area contributed by atoms with Crippen LogP contribution < -0.4 is 11.1 Å². The molecular formula is C14H23N5. The predicted molar refractivity (Wildman–Crippen MR) is 76.8 cm³/mol. The molecule has 0 radical (unpaired) electrons. The Balaban J connectivity index is 2.27. The van der Waals surface area contributed by atoms with Crippen molar-refractivity contribution >= 4 is 11.6 Å². The van der Waals surface area contributed by atoms with Gasteiger partial charge in [-0.3, -0.25) is 0 Å². The van der Waals surface area contributed by atoms with Crippen LogP contribution >= 0.6 is 0 Å². The topological polar surface area (TPSA) is 79.7 Å². The molecule has 0 atom stereocenters. The molecule has 19 heavy (non-hydrogen) atoms. The summed E-state index contributed by atoms with van der Waals surface area (Å²) in [6.07, 6.45) is 6.09. The Hall–Kier alpha value is -1.70. The van der Waals surface area contributed by atoms with Crippen molar-refractivity contribution in [1.82, 2.24) is 9.78 Å². The largest absolute Gasteiger partial charge is 0.383 e. The molecule has 0 bridgehead atoms. The maximum Gasteiger partial charge on any atom is 0.168 e. The van der Waals surface area contributed by atoms with Crippen molar-refractivity contribution in [3.05, 3.63) is 5.56 Å². The lowest BCUT2D eigenvalue weighted by atomic mass is 9.95. The van der Waals surface area contributed by atoms with Gasteiger partial charge in [0, 0.05) is 6.04 Å². The van der Waals surface area contributed by atoms with Crippen molar-refractivity contribution in [3.63, 3.8) is 0 Å². The number of nitrogens with one attached hydrogen (secondary N) is 1. The van der Waals surface area contributed by atoms with Crippen molar-refractivity contribution in [1.29, 1.82) is 5.26 Å². The van der Waals surface area contributed by atoms with Gasteiger partial charge in [0.1, 0.15) is 17.5 Å². The second kappa shape index (κ2) is 5.12. The van der Waals surface area contributed by atoms with Gasteiger partial charge >= 0.3 is 0 Å². The van der Waals surface area contributed by atoms with Gasteiger partial charge in [-0.25, -0.2) is 4.68 Å². The average molecular weight is 261 g/mol. The molecule has 1 fully saturated rings. The van der Waals surface area contributed by atoms with E-state index >= 15 is 0 Å². The molecule has 0 unspecified atom stereocenters. The highest BCUT2D eigenvalue weighted by Gasteiger charge is 2.25. The molecule has 1 aliphatic carbocycles. The zero-order chi connectivity index (χ0) is 14.0. The van der Waals surface area contributed by atoms with Crippen molar-refractivity contribution in [3.8, 4) is 6.07 Å². The van der Waals surface area contributed by atoms with Gasteiger partial charge in [0.15, 0.2) is 5.82 Å². The molecule has 104 valence electrons. The standard InChI is InChI=1S/C14H23N5/c1-14(2,3)19-12(16)11(9-15)13(18-19)17-10-7-5-4-6-8-10/h10H,4-8,16H2,1-3H3,(H,17,18). The third-order valence-corrected chi connectivity index (χ3v) is 3.61. The number of aromatic nitrogens is 2. The first-order valence-electron chi connectivity index (χ1n) is 6.99. The zero-order valence-electron chi connectivity index (χ0n) is 12.0. The van der Waals surface area contributed by atoms with Gasteiger partial charge in [0.25, 0.3) is 0 Å². The van der Waals surface area contributed by atoms with Crippen LogP contribution in [0.4, 0.5) is 11.6 Å². The van der Waals surface area contributed by atoms with Gasteiger partial charge < -0.3 is 11.1 Å². The lowest BCUT2D eigenvalue weighted by molar-refractivity contribution is 0.361. The molecule has 0 aromatic carbocycles. The van der Waals surface area contributed by atoms with Crippen molar-refractivity contribution in [2.75, 3.05) is 11.1 Å². The molecule has 0 saturated heterocycles. The first-order valence-corrected chi connectivity index (χ1v) is 6.99. The van der Waals surface area contributed by atoms with Crippen LogP contribution in [0.2, 0.25) is 0 Å². The number of nitrogens with zero attached hydrogens (tertiary/aromatic N) is 3. The number of hydrogen-bond acceptors (Lipinski definition) is 4. The van der Waals surface area contributed by atoms with Gasteiger partial charge in [0.2, 0.25) is 0 Å². The third kappa shape index (κ3) is 2.83. The minimum Gasteiger partial charge on any atom is -0.383 e. The van der Waals surface area contributed by atoms with E-state index in [2.05, 4.69) is 16.5 Å². The molecule has 0 amide bonds. The van der Waals surface area contributed by atoms with Crippen LogP contribution in [-0.4, -0.2) is 15.8 Å². The molecule has 1 aliphatic rings. The molecule has 0 spiro atoms. The summed E-state index contributed by atoms with van der Waals surface area (Å²) in [5.41, 5.74) is 6.30. The Labute approximate surface area is 114 Å². The highest BCUT2D eigenvalue weighted by Crippen LogP contribution is 2.29. The Morgan fingerprint density at radius 1 is 1.32 bits per heavy atom. The molecule has 3 N–H and O–H groups in total. The van der Waals surface area contributed by atoms with Gasteiger partial charge in [-0.2, -0.15) is 10.4 Å². The second-order valence-electron chi connectivity index (χ2n) is 6.28. The number of hydrogen-bond donors (Lipinski definition) is 2. The zero-order valence-corrected chi connectivity index (χ0v) is 12.0. The summed E-state index contributed by atoms with van der Waals surface area (Å²) in [5, 5.41) is 17.2. The fourth-order valence-electron chi connectivity index (χ4n) is 2.59. The Morgan fingerprint density at radius 2 is 1.95 bits per heavy atom. The molecule has 1 saturated carbocycles. The van der Waals surface area contributed by atoms with Crippen LogP contribution in [0.5, 0.6) is 0 Å². The highest BCUT2D eigenvalue weighted by atomic mass is 15.4. The van der Waals surface area contributed by atoms with Crippen molar-refractivity contribution < 1.29 is 0 Å². The molecule has 5 heteroatoms. The maximum atomic E-state index is 9.28. The molecule has 1 aromatic rings. The molecule has 1 aromatic heterocycles. The lowest BCUT2D eigenvalue weighted by Crippen LogP contribution is -2.26. The van der Waals surface area contributed by atoms with Gasteiger partial charge in [0.05, 0.1) is 5.54 Å². The minimum absolute atomic E-state index is 0.220. The van der Waals surface area contributed by atoms with E-state index in [-0.39, 0.29) is 5.54 Å². The molecule has 5 nitrogen and oxygen atoms in total. The SMILES string of the molecule is CC(C)(C)n1nc(NC2CCCCC2)c(C#N)c1N. The monoisotopic (exact) mass is 261 g/mol. The quantitative estimate of drug-likeness (QED) is 0.858. The number of nitrogen functional groups attached to an aromatic ring is 1. The van der Waals surface area contributed by atoms with Gasteiger partial charge in [-0.05, 0) is 33.6 Å². The number of anilines is 2. The van der Waals surface area contributed by atoms with E-state index in [9.17, 15) is 5.26 Å². The van der Waals surface area contributed by atoms with Crippen molar-refractivity contribution in [2.24, 2.45) is 0 Å². The summed E-state index contributed by atoms with van der Waals surface area (Å²) in [6.45, 7) is 6.09. The summed E-state index contributed by atoms with van der Waals surface area (Å²) in [4.78, 5) is 0. The van der Waals surface area contributed by atoms with E-state index in [1.165, 1.54) is 19.3 Å². The van der Waals surface area contributed by atoms with E-state index in [1.54, 1.807) is 4.68 Å². The van der Waals surface area contributed by atoms with Crippen LogP contribution in [-0.2, 0) is 5.54 Å². The summed E-state index contributed by atoms with van der Waals surface area (Å²) >= 11 is 0. The van der Waals surface area contributed by atoms with Gasteiger partial charge in [-0.15, -0.1) is 0 Å². The fraction of sp³-hybridized carbons (Fsp3) is 0.714. The second-order valence-corrected chi connectivity index (χ2v) is 6.28. The summed E-state index contributed by atoms with van der Waals surface area (Å²) < 4.78 is 1.73. The van der Waals surface area contributed by atoms with Crippen LogP contribution in [0, 0.1) is 11.3 Å². The molecule has 0 aliphatic heterocycles. The normalized spacial score (nSPS) is 17.2. The number of nitrogens with two attached hydrogens (primary N) is 1. The first kappa shape index (κ1) is 13.7. The Bertz CT molecular complexity index is 483. The van der Waals surface area contributed by atoms with Crippen molar-refractivity contribution in [2.45, 2.75) is 64.5 Å². The van der Waals surface area contributed by atoms with Crippen LogP contribution in [0.25, 0.3) is 0 Å². The predicted octanol–water partition coefficient (Wildman–Crippen LogP) is 2.84. The average Bonchev–Trinajstić information content (AvgIpc) is 2.67. The van der Waals surface area contributed by atoms with Crippen LogP contribution in [0.1, 0.15) is 58.4 Å². The summed E-state index contributed by atoms with van der Waals surface area (Å²) in [7, 11) is 0. The Kier molecular flexibility index (Phi) is 3.70. The summed E-state index contributed by atoms with van der Waals surface area (Å²) in [5.74, 6) is 1.09. The molecular weight excluding hydrogens is 238 g/mol. The van der Waals surface area contributed by atoms with Gasteiger partial charge in [-0.1, -0.05) is 19.3 Å². The van der Waals surface area contributed by atoms with Crippen LogP contribution in [0.3, 0.4) is 0 Å². The molecule has 2 rings (SSSR count). The minimum atomic E-state index is -0.220. The fourth-order valence-corrected chi connectivity index (χ4v) is 2.59. The first-order chi connectivity index (χ1) is 8.93. The smallest absolute Gasteiger partial charge is 0.168 e. The number of nitriles is 1.